The van der Waals surface area contributed by atoms with Crippen molar-refractivity contribution in [2.45, 2.75) is 13.8 Å². The Hall–Kier alpha value is -1.41. The Bertz CT molecular complexity index is 710. The molecule has 20 heavy (non-hydrogen) atoms. The lowest BCUT2D eigenvalue weighted by atomic mass is 10.3. The molecule has 2 rings (SSSR count). The molecule has 2 aromatic heterocycles. The Balaban J connectivity index is 2.24. The summed E-state index contributed by atoms with van der Waals surface area (Å²) in [6, 6.07) is 2.01. The SMILES string of the molecule is CCS(=O)(=O)CCNc1nc(NC)nc2sc(C)cc12. The lowest BCUT2D eigenvalue weighted by Crippen LogP contribution is -2.18. The molecule has 8 heteroatoms. The van der Waals surface area contributed by atoms with E-state index in [2.05, 4.69) is 20.6 Å². The molecule has 0 fully saturated rings. The molecule has 0 bridgehead atoms. The highest BCUT2D eigenvalue weighted by atomic mass is 32.2. The van der Waals surface area contributed by atoms with E-state index in [0.717, 1.165) is 15.1 Å². The number of sulfone groups is 1. The first kappa shape index (κ1) is 15.0. The Labute approximate surface area is 122 Å². The summed E-state index contributed by atoms with van der Waals surface area (Å²) in [5.74, 6) is 1.47. The van der Waals surface area contributed by atoms with Crippen molar-refractivity contribution in [3.63, 3.8) is 0 Å². The van der Waals surface area contributed by atoms with Gasteiger partial charge in [0.2, 0.25) is 5.95 Å². The molecule has 110 valence electrons. The van der Waals surface area contributed by atoms with Gasteiger partial charge in [0.15, 0.2) is 9.84 Å². The van der Waals surface area contributed by atoms with Crippen LogP contribution < -0.4 is 10.6 Å². The molecule has 0 amide bonds. The van der Waals surface area contributed by atoms with Crippen LogP contribution in [-0.2, 0) is 9.84 Å². The third-order valence-corrected chi connectivity index (χ3v) is 5.54. The minimum absolute atomic E-state index is 0.104. The van der Waals surface area contributed by atoms with Crippen LogP contribution in [0.15, 0.2) is 6.07 Å². The van der Waals surface area contributed by atoms with Crippen molar-refractivity contribution in [1.29, 1.82) is 0 Å². The summed E-state index contributed by atoms with van der Waals surface area (Å²) in [6.07, 6.45) is 0. The molecule has 0 saturated heterocycles. The molecule has 0 aliphatic heterocycles. The number of anilines is 2. The summed E-state index contributed by atoms with van der Waals surface area (Å²) in [5.41, 5.74) is 0. The van der Waals surface area contributed by atoms with Crippen molar-refractivity contribution in [2.75, 3.05) is 35.7 Å². The zero-order valence-electron chi connectivity index (χ0n) is 11.7. The van der Waals surface area contributed by atoms with Gasteiger partial charge in [-0.2, -0.15) is 4.98 Å². The van der Waals surface area contributed by atoms with Crippen LogP contribution in [0.5, 0.6) is 0 Å². The molecule has 6 nitrogen and oxygen atoms in total. The topological polar surface area (TPSA) is 84.0 Å². The lowest BCUT2D eigenvalue weighted by molar-refractivity contribution is 0.597. The third-order valence-electron chi connectivity index (χ3n) is 2.88. The number of aromatic nitrogens is 2. The predicted molar refractivity (Wildman–Crippen MR) is 84.5 cm³/mol. The fourth-order valence-electron chi connectivity index (χ4n) is 1.76. The van der Waals surface area contributed by atoms with Gasteiger partial charge < -0.3 is 10.6 Å². The van der Waals surface area contributed by atoms with Gasteiger partial charge in [-0.05, 0) is 13.0 Å². The van der Waals surface area contributed by atoms with E-state index in [1.165, 1.54) is 0 Å². The maximum absolute atomic E-state index is 11.5. The fourth-order valence-corrected chi connectivity index (χ4v) is 3.34. The Morgan fingerprint density at radius 2 is 2.10 bits per heavy atom. The van der Waals surface area contributed by atoms with Gasteiger partial charge in [0.05, 0.1) is 11.1 Å². The molecular weight excluding hydrogens is 296 g/mol. The number of hydrogen-bond donors (Lipinski definition) is 2. The second kappa shape index (κ2) is 5.92. The summed E-state index contributed by atoms with van der Waals surface area (Å²) in [7, 11) is -1.22. The first-order chi connectivity index (χ1) is 9.45. The van der Waals surface area contributed by atoms with Crippen molar-refractivity contribution in [1.82, 2.24) is 9.97 Å². The Kier molecular flexibility index (Phi) is 4.44. The van der Waals surface area contributed by atoms with E-state index in [0.29, 0.717) is 18.3 Å². The van der Waals surface area contributed by atoms with E-state index in [9.17, 15) is 8.42 Å². The standard InChI is InChI=1S/C12H18N4O2S2/c1-4-20(17,18)6-5-14-10-9-7-8(2)19-11(9)16-12(13-3)15-10/h7H,4-6H2,1-3H3,(H2,13,14,15,16). The van der Waals surface area contributed by atoms with Gasteiger partial charge in [-0.15, -0.1) is 11.3 Å². The summed E-state index contributed by atoms with van der Waals surface area (Å²) < 4.78 is 23.0. The highest BCUT2D eigenvalue weighted by Crippen LogP contribution is 2.29. The van der Waals surface area contributed by atoms with Gasteiger partial charge >= 0.3 is 0 Å². The van der Waals surface area contributed by atoms with Crippen LogP contribution in [-0.4, -0.2) is 43.5 Å². The minimum atomic E-state index is -2.97. The second-order valence-corrected chi connectivity index (χ2v) is 8.09. The maximum atomic E-state index is 11.5. The first-order valence-corrected chi connectivity index (χ1v) is 8.99. The normalized spacial score (nSPS) is 11.8. The van der Waals surface area contributed by atoms with E-state index >= 15 is 0 Å². The van der Waals surface area contributed by atoms with Crippen molar-refractivity contribution >= 4 is 43.2 Å². The Morgan fingerprint density at radius 3 is 2.75 bits per heavy atom. The number of aryl methyl sites for hydroxylation is 1. The first-order valence-electron chi connectivity index (χ1n) is 6.35. The minimum Gasteiger partial charge on any atom is -0.368 e. The van der Waals surface area contributed by atoms with Gasteiger partial charge in [-0.3, -0.25) is 0 Å². The molecule has 0 aromatic carbocycles. The molecule has 2 aromatic rings. The molecule has 2 N–H and O–H groups in total. The lowest BCUT2D eigenvalue weighted by Gasteiger charge is -2.08. The molecule has 0 aliphatic rings. The molecule has 2 heterocycles. The number of nitrogens with zero attached hydrogens (tertiary/aromatic N) is 2. The molecule has 0 radical (unpaired) electrons. The molecule has 0 atom stereocenters. The number of thiophene rings is 1. The summed E-state index contributed by atoms with van der Waals surface area (Å²) in [5, 5.41) is 6.95. The highest BCUT2D eigenvalue weighted by molar-refractivity contribution is 7.91. The quantitative estimate of drug-likeness (QED) is 0.847. The average Bonchev–Trinajstić information content (AvgIpc) is 2.78. The van der Waals surface area contributed by atoms with Gasteiger partial charge in [-0.25, -0.2) is 13.4 Å². The number of nitrogens with one attached hydrogen (secondary N) is 2. The zero-order valence-corrected chi connectivity index (χ0v) is 13.4. The van der Waals surface area contributed by atoms with E-state index in [1.54, 1.807) is 25.3 Å². The predicted octanol–water partition coefficient (Wildman–Crippen LogP) is 1.89. The van der Waals surface area contributed by atoms with Gasteiger partial charge in [0, 0.05) is 24.2 Å². The molecular formula is C12H18N4O2S2. The van der Waals surface area contributed by atoms with Crippen molar-refractivity contribution < 1.29 is 8.42 Å². The second-order valence-electron chi connectivity index (χ2n) is 4.38. The molecule has 0 aliphatic carbocycles. The van der Waals surface area contributed by atoms with Crippen LogP contribution in [0.1, 0.15) is 11.8 Å². The van der Waals surface area contributed by atoms with Gasteiger partial charge in [0.25, 0.3) is 0 Å². The smallest absolute Gasteiger partial charge is 0.225 e. The van der Waals surface area contributed by atoms with Crippen LogP contribution in [0.3, 0.4) is 0 Å². The number of rotatable bonds is 6. The van der Waals surface area contributed by atoms with E-state index in [-0.39, 0.29) is 11.5 Å². The van der Waals surface area contributed by atoms with Crippen molar-refractivity contribution in [2.24, 2.45) is 0 Å². The monoisotopic (exact) mass is 314 g/mol. The zero-order chi connectivity index (χ0) is 14.8. The molecule has 0 spiro atoms. The van der Waals surface area contributed by atoms with Crippen molar-refractivity contribution in [3.8, 4) is 0 Å². The van der Waals surface area contributed by atoms with Crippen molar-refractivity contribution in [3.05, 3.63) is 10.9 Å². The summed E-state index contributed by atoms with van der Waals surface area (Å²) in [4.78, 5) is 10.8. The van der Waals surface area contributed by atoms with E-state index in [1.807, 2.05) is 13.0 Å². The van der Waals surface area contributed by atoms with Crippen LogP contribution in [0.4, 0.5) is 11.8 Å². The largest absolute Gasteiger partial charge is 0.368 e. The summed E-state index contributed by atoms with van der Waals surface area (Å²) in [6.45, 7) is 4.01. The fraction of sp³-hybridized carbons (Fsp3) is 0.500. The average molecular weight is 314 g/mol. The Morgan fingerprint density at radius 1 is 1.35 bits per heavy atom. The molecule has 0 unspecified atom stereocenters. The van der Waals surface area contributed by atoms with Gasteiger partial charge in [0.1, 0.15) is 10.6 Å². The van der Waals surface area contributed by atoms with E-state index in [4.69, 9.17) is 0 Å². The number of fused-ring (bicyclic) bond motifs is 1. The summed E-state index contributed by atoms with van der Waals surface area (Å²) >= 11 is 1.59. The van der Waals surface area contributed by atoms with Crippen LogP contribution in [0.25, 0.3) is 10.2 Å². The highest BCUT2D eigenvalue weighted by Gasteiger charge is 2.11. The van der Waals surface area contributed by atoms with Crippen LogP contribution in [0, 0.1) is 6.92 Å². The van der Waals surface area contributed by atoms with Crippen LogP contribution >= 0.6 is 11.3 Å². The maximum Gasteiger partial charge on any atom is 0.225 e. The van der Waals surface area contributed by atoms with Gasteiger partial charge in [-0.1, -0.05) is 6.92 Å². The molecule has 0 saturated carbocycles. The number of hydrogen-bond acceptors (Lipinski definition) is 7. The third kappa shape index (κ3) is 3.37. The van der Waals surface area contributed by atoms with Crippen LogP contribution in [0.2, 0.25) is 0 Å². The van der Waals surface area contributed by atoms with E-state index < -0.39 is 9.84 Å².